The fraction of sp³-hybridized carbons (Fsp3) is 0.500. The second-order valence-corrected chi connectivity index (χ2v) is 10.5. The summed E-state index contributed by atoms with van der Waals surface area (Å²) in [5, 5.41) is 3.39. The molecule has 0 unspecified atom stereocenters. The van der Waals surface area contributed by atoms with E-state index in [4.69, 9.17) is 0 Å². The van der Waals surface area contributed by atoms with Gasteiger partial charge in [0.2, 0.25) is 0 Å². The summed E-state index contributed by atoms with van der Waals surface area (Å²) in [6, 6.07) is 20.6. The first-order chi connectivity index (χ1) is 16.4. The molecule has 1 spiro atoms. The standard InChI is InChI=1S/C28H36N4O2/c1-30(2)28(23-11-7-4-8-12-23)17-15-27(16-18-28)21-32(26(34)29-27)24-13-19-31(20-14-24)25(33)22-9-5-3-6-10-22/h3-12,24H,13-21H2,1-2H3,(H,29,34)/t27-,28+. The van der Waals surface area contributed by atoms with Crippen molar-refractivity contribution in [1.82, 2.24) is 20.0 Å². The summed E-state index contributed by atoms with van der Waals surface area (Å²) in [5.74, 6) is 0.0922. The van der Waals surface area contributed by atoms with Crippen molar-refractivity contribution in [3.8, 4) is 0 Å². The molecule has 3 amide bonds. The lowest BCUT2D eigenvalue weighted by Crippen LogP contribution is -2.54. The molecule has 34 heavy (non-hydrogen) atoms. The van der Waals surface area contributed by atoms with E-state index in [0.717, 1.165) is 50.6 Å². The van der Waals surface area contributed by atoms with Crippen LogP contribution >= 0.6 is 0 Å². The lowest BCUT2D eigenvalue weighted by atomic mass is 9.69. The van der Waals surface area contributed by atoms with Crippen LogP contribution in [-0.2, 0) is 5.54 Å². The van der Waals surface area contributed by atoms with Crippen molar-refractivity contribution >= 4 is 11.9 Å². The molecule has 0 radical (unpaired) electrons. The molecule has 2 aliphatic heterocycles. The number of hydrogen-bond donors (Lipinski definition) is 1. The average Bonchev–Trinajstić information content (AvgIpc) is 3.20. The number of benzene rings is 2. The molecule has 1 aliphatic carbocycles. The molecule has 5 rings (SSSR count). The lowest BCUT2D eigenvalue weighted by Gasteiger charge is -2.49. The maximum atomic E-state index is 13.1. The molecular weight excluding hydrogens is 424 g/mol. The Kier molecular flexibility index (Phi) is 6.11. The number of nitrogens with zero attached hydrogens (tertiary/aromatic N) is 3. The van der Waals surface area contributed by atoms with Crippen molar-refractivity contribution in [2.75, 3.05) is 33.7 Å². The third-order valence-corrected chi connectivity index (χ3v) is 8.52. The number of rotatable bonds is 4. The van der Waals surface area contributed by atoms with Crippen LogP contribution in [0, 0.1) is 0 Å². The Balaban J connectivity index is 1.21. The molecule has 0 atom stereocenters. The molecule has 2 aromatic carbocycles. The van der Waals surface area contributed by atoms with Crippen LogP contribution in [0.15, 0.2) is 60.7 Å². The molecule has 0 bridgehead atoms. The highest BCUT2D eigenvalue weighted by molar-refractivity contribution is 5.94. The lowest BCUT2D eigenvalue weighted by molar-refractivity contribution is 0.0551. The summed E-state index contributed by atoms with van der Waals surface area (Å²) in [5.41, 5.74) is 1.99. The van der Waals surface area contributed by atoms with Gasteiger partial charge in [0.1, 0.15) is 0 Å². The molecule has 180 valence electrons. The fourth-order valence-corrected chi connectivity index (χ4v) is 6.34. The van der Waals surface area contributed by atoms with Gasteiger partial charge in [-0.05, 0) is 70.3 Å². The van der Waals surface area contributed by atoms with Crippen LogP contribution in [0.1, 0.15) is 54.4 Å². The van der Waals surface area contributed by atoms with Crippen molar-refractivity contribution in [2.45, 2.75) is 55.6 Å². The summed E-state index contributed by atoms with van der Waals surface area (Å²) in [7, 11) is 4.35. The first kappa shape index (κ1) is 22.9. The van der Waals surface area contributed by atoms with Gasteiger partial charge in [-0.2, -0.15) is 0 Å². The molecule has 6 heteroatoms. The fourth-order valence-electron chi connectivity index (χ4n) is 6.34. The van der Waals surface area contributed by atoms with Gasteiger partial charge >= 0.3 is 6.03 Å². The number of nitrogens with one attached hydrogen (secondary N) is 1. The van der Waals surface area contributed by atoms with E-state index in [0.29, 0.717) is 13.1 Å². The highest BCUT2D eigenvalue weighted by Crippen LogP contribution is 2.46. The van der Waals surface area contributed by atoms with E-state index in [2.05, 4.69) is 59.5 Å². The molecule has 3 aliphatic rings. The van der Waals surface area contributed by atoms with E-state index in [1.54, 1.807) is 0 Å². The predicted octanol–water partition coefficient (Wildman–Crippen LogP) is 4.09. The minimum absolute atomic E-state index is 0.0216. The Hall–Kier alpha value is -2.86. The average molecular weight is 461 g/mol. The minimum Gasteiger partial charge on any atom is -0.338 e. The van der Waals surface area contributed by atoms with Gasteiger partial charge in [-0.25, -0.2) is 4.79 Å². The van der Waals surface area contributed by atoms with Crippen LogP contribution in [0.4, 0.5) is 4.79 Å². The Morgan fingerprint density at radius 2 is 1.50 bits per heavy atom. The maximum absolute atomic E-state index is 13.1. The molecule has 2 aromatic rings. The van der Waals surface area contributed by atoms with E-state index in [9.17, 15) is 9.59 Å². The highest BCUT2D eigenvalue weighted by Gasteiger charge is 2.51. The molecule has 6 nitrogen and oxygen atoms in total. The zero-order chi connectivity index (χ0) is 23.8. The second-order valence-electron chi connectivity index (χ2n) is 10.5. The van der Waals surface area contributed by atoms with Gasteiger partial charge in [0, 0.05) is 36.8 Å². The first-order valence-electron chi connectivity index (χ1n) is 12.6. The van der Waals surface area contributed by atoms with Gasteiger partial charge < -0.3 is 15.1 Å². The SMILES string of the molecule is CN(C)[C@]1(c2ccccc2)CC[C@]2(CC1)CN(C1CCN(C(=O)c3ccccc3)CC1)C(=O)N2. The number of carbonyl (C=O) groups is 2. The highest BCUT2D eigenvalue weighted by atomic mass is 16.2. The van der Waals surface area contributed by atoms with E-state index in [-0.39, 0.29) is 29.1 Å². The van der Waals surface area contributed by atoms with Crippen LogP contribution in [0.25, 0.3) is 0 Å². The number of carbonyl (C=O) groups excluding carboxylic acids is 2. The largest absolute Gasteiger partial charge is 0.338 e. The van der Waals surface area contributed by atoms with Crippen LogP contribution < -0.4 is 5.32 Å². The summed E-state index contributed by atoms with van der Waals surface area (Å²) in [6.45, 7) is 2.18. The van der Waals surface area contributed by atoms with E-state index in [1.165, 1.54) is 5.56 Å². The Morgan fingerprint density at radius 1 is 0.912 bits per heavy atom. The summed E-state index contributed by atoms with van der Waals surface area (Å²) >= 11 is 0. The normalized spacial score (nSPS) is 27.9. The predicted molar refractivity (Wildman–Crippen MR) is 134 cm³/mol. The number of urea groups is 1. The zero-order valence-corrected chi connectivity index (χ0v) is 20.4. The molecule has 1 saturated carbocycles. The van der Waals surface area contributed by atoms with Gasteiger partial charge in [-0.3, -0.25) is 9.69 Å². The van der Waals surface area contributed by atoms with Crippen molar-refractivity contribution in [1.29, 1.82) is 0 Å². The quantitative estimate of drug-likeness (QED) is 0.748. The van der Waals surface area contributed by atoms with E-state index in [1.807, 2.05) is 35.2 Å². The van der Waals surface area contributed by atoms with Crippen LogP contribution in [0.2, 0.25) is 0 Å². The van der Waals surface area contributed by atoms with Crippen molar-refractivity contribution in [3.05, 3.63) is 71.8 Å². The first-order valence-corrected chi connectivity index (χ1v) is 12.6. The van der Waals surface area contributed by atoms with Crippen LogP contribution in [-0.4, -0.2) is 71.9 Å². The number of hydrogen-bond acceptors (Lipinski definition) is 3. The van der Waals surface area contributed by atoms with Crippen LogP contribution in [0.3, 0.4) is 0 Å². The van der Waals surface area contributed by atoms with Gasteiger partial charge in [0.15, 0.2) is 0 Å². The Labute approximate surface area is 202 Å². The molecule has 2 saturated heterocycles. The molecule has 3 fully saturated rings. The molecule has 1 N–H and O–H groups in total. The molecule has 2 heterocycles. The second kappa shape index (κ2) is 9.06. The summed E-state index contributed by atoms with van der Waals surface area (Å²) in [4.78, 5) is 32.2. The molecule has 0 aromatic heterocycles. The smallest absolute Gasteiger partial charge is 0.318 e. The number of likely N-dealkylation sites (tertiary alicyclic amines) is 1. The molecular formula is C28H36N4O2. The zero-order valence-electron chi connectivity index (χ0n) is 20.4. The number of piperidine rings is 1. The Bertz CT molecular complexity index is 1010. The third kappa shape index (κ3) is 4.09. The monoisotopic (exact) mass is 460 g/mol. The van der Waals surface area contributed by atoms with Crippen LogP contribution in [0.5, 0.6) is 0 Å². The Morgan fingerprint density at radius 3 is 2.09 bits per heavy atom. The van der Waals surface area contributed by atoms with Crippen molar-refractivity contribution < 1.29 is 9.59 Å². The van der Waals surface area contributed by atoms with Gasteiger partial charge in [-0.1, -0.05) is 48.5 Å². The third-order valence-electron chi connectivity index (χ3n) is 8.52. The minimum atomic E-state index is -0.137. The topological polar surface area (TPSA) is 55.9 Å². The van der Waals surface area contributed by atoms with E-state index >= 15 is 0 Å². The maximum Gasteiger partial charge on any atom is 0.318 e. The van der Waals surface area contributed by atoms with Gasteiger partial charge in [0.25, 0.3) is 5.91 Å². The summed E-state index contributed by atoms with van der Waals surface area (Å²) in [6.07, 6.45) is 5.70. The number of amides is 3. The van der Waals surface area contributed by atoms with Crippen molar-refractivity contribution in [2.24, 2.45) is 0 Å². The van der Waals surface area contributed by atoms with Crippen molar-refractivity contribution in [3.63, 3.8) is 0 Å². The summed E-state index contributed by atoms with van der Waals surface area (Å²) < 4.78 is 0. The van der Waals surface area contributed by atoms with E-state index < -0.39 is 0 Å². The van der Waals surface area contributed by atoms with Gasteiger partial charge in [0.05, 0.1) is 5.54 Å². The van der Waals surface area contributed by atoms with Gasteiger partial charge in [-0.15, -0.1) is 0 Å².